The van der Waals surface area contributed by atoms with Gasteiger partial charge in [-0.1, -0.05) is 6.42 Å². The lowest BCUT2D eigenvalue weighted by Gasteiger charge is -2.45. The topological polar surface area (TPSA) is 75.9 Å². The van der Waals surface area contributed by atoms with Gasteiger partial charge in [-0.3, -0.25) is 14.5 Å². The van der Waals surface area contributed by atoms with Gasteiger partial charge in [0.15, 0.2) is 0 Å². The molecule has 3 unspecified atom stereocenters. The summed E-state index contributed by atoms with van der Waals surface area (Å²) in [5.41, 5.74) is 6.36. The molecular weight excluding hydrogens is 318 g/mol. The van der Waals surface area contributed by atoms with Gasteiger partial charge < -0.3 is 15.4 Å². The highest BCUT2D eigenvalue weighted by Crippen LogP contribution is 2.42. The van der Waals surface area contributed by atoms with Crippen LogP contribution in [0.15, 0.2) is 0 Å². The number of piperazine rings is 1. The Labute approximate surface area is 151 Å². The van der Waals surface area contributed by atoms with Gasteiger partial charge >= 0.3 is 5.97 Å². The van der Waals surface area contributed by atoms with Crippen LogP contribution in [0, 0.1) is 17.8 Å². The zero-order valence-corrected chi connectivity index (χ0v) is 15.7. The first-order valence-corrected chi connectivity index (χ1v) is 9.84. The lowest BCUT2D eigenvalue weighted by Crippen LogP contribution is -2.55. The van der Waals surface area contributed by atoms with E-state index < -0.39 is 0 Å². The summed E-state index contributed by atoms with van der Waals surface area (Å²) in [7, 11) is 1.43. The number of carbonyl (C=O) groups excluding carboxylic acids is 2. The quantitative estimate of drug-likeness (QED) is 0.771. The molecule has 2 aliphatic carbocycles. The number of methoxy groups -OCH3 is 1. The fourth-order valence-electron chi connectivity index (χ4n) is 5.09. The molecule has 6 heteroatoms. The minimum atomic E-state index is -0.170. The Hall–Kier alpha value is -1.14. The molecule has 1 aliphatic heterocycles. The third-order valence-electron chi connectivity index (χ3n) is 6.70. The molecule has 0 radical (unpaired) electrons. The lowest BCUT2D eigenvalue weighted by atomic mass is 9.65. The Morgan fingerprint density at radius 2 is 1.72 bits per heavy atom. The molecule has 3 atom stereocenters. The summed E-state index contributed by atoms with van der Waals surface area (Å²) in [5, 5.41) is 0. The van der Waals surface area contributed by atoms with Crippen LogP contribution in [-0.4, -0.2) is 67.0 Å². The molecule has 1 amide bonds. The van der Waals surface area contributed by atoms with Crippen molar-refractivity contribution in [1.82, 2.24) is 9.80 Å². The van der Waals surface area contributed by atoms with Gasteiger partial charge in [0.25, 0.3) is 0 Å². The number of ether oxygens (including phenoxy) is 1. The molecular formula is C19H33N3O3. The van der Waals surface area contributed by atoms with E-state index in [0.717, 1.165) is 39.0 Å². The minimum absolute atomic E-state index is 0.164. The van der Waals surface area contributed by atoms with Crippen molar-refractivity contribution in [2.24, 2.45) is 23.5 Å². The average Bonchev–Trinajstić information content (AvgIpc) is 2.61. The maximum atomic E-state index is 13.0. The molecule has 142 valence electrons. The Morgan fingerprint density at radius 3 is 2.28 bits per heavy atom. The van der Waals surface area contributed by atoms with E-state index in [1.807, 2.05) is 4.90 Å². The van der Waals surface area contributed by atoms with Gasteiger partial charge in [-0.2, -0.15) is 0 Å². The zero-order chi connectivity index (χ0) is 18.0. The normalized spacial score (nSPS) is 34.4. The molecule has 0 spiro atoms. The maximum absolute atomic E-state index is 13.0. The second kappa shape index (κ2) is 8.04. The highest BCUT2D eigenvalue weighted by Gasteiger charge is 2.42. The fourth-order valence-corrected chi connectivity index (χ4v) is 5.09. The van der Waals surface area contributed by atoms with Crippen LogP contribution in [-0.2, 0) is 14.3 Å². The molecule has 1 saturated heterocycles. The molecule has 25 heavy (non-hydrogen) atoms. The second-order valence-corrected chi connectivity index (χ2v) is 8.19. The van der Waals surface area contributed by atoms with Crippen LogP contribution < -0.4 is 5.73 Å². The van der Waals surface area contributed by atoms with Gasteiger partial charge in [0, 0.05) is 44.2 Å². The third kappa shape index (κ3) is 4.17. The van der Waals surface area contributed by atoms with Gasteiger partial charge in [0.1, 0.15) is 0 Å². The minimum Gasteiger partial charge on any atom is -0.469 e. The van der Waals surface area contributed by atoms with Crippen LogP contribution in [0.1, 0.15) is 45.4 Å². The number of carbonyl (C=O) groups is 2. The Bertz CT molecular complexity index is 476. The molecule has 2 saturated carbocycles. The Morgan fingerprint density at radius 1 is 1.12 bits per heavy atom. The number of rotatable bonds is 4. The molecule has 0 aromatic heterocycles. The standard InChI is InChI=1S/C19H33N3O3/c1-13(10-17(23)25-2)21-6-8-22(9-7-21)19(24)16-11-14-4-3-5-15(12-16)18(14)20/h13-16,18H,3-12,20H2,1-2H3. The highest BCUT2D eigenvalue weighted by molar-refractivity contribution is 5.79. The molecule has 1 heterocycles. The van der Waals surface area contributed by atoms with E-state index in [1.165, 1.54) is 26.4 Å². The van der Waals surface area contributed by atoms with Crippen LogP contribution >= 0.6 is 0 Å². The van der Waals surface area contributed by atoms with Gasteiger partial charge in [0.2, 0.25) is 5.91 Å². The molecule has 2 N–H and O–H groups in total. The monoisotopic (exact) mass is 351 g/mol. The molecule has 6 nitrogen and oxygen atoms in total. The van der Waals surface area contributed by atoms with Crippen LogP contribution in [0.25, 0.3) is 0 Å². The largest absolute Gasteiger partial charge is 0.469 e. The van der Waals surface area contributed by atoms with Crippen LogP contribution in [0.5, 0.6) is 0 Å². The van der Waals surface area contributed by atoms with E-state index >= 15 is 0 Å². The molecule has 3 aliphatic rings. The number of amides is 1. The lowest BCUT2D eigenvalue weighted by molar-refractivity contribution is -0.144. The zero-order valence-electron chi connectivity index (χ0n) is 15.7. The Balaban J connectivity index is 1.49. The first kappa shape index (κ1) is 18.6. The van der Waals surface area contributed by atoms with Crippen molar-refractivity contribution in [2.45, 2.75) is 57.5 Å². The summed E-state index contributed by atoms with van der Waals surface area (Å²) in [6.45, 7) is 5.26. The van der Waals surface area contributed by atoms with Crippen LogP contribution in [0.2, 0.25) is 0 Å². The molecule has 3 fully saturated rings. The van der Waals surface area contributed by atoms with E-state index in [2.05, 4.69) is 11.8 Å². The van der Waals surface area contributed by atoms with Crippen molar-refractivity contribution < 1.29 is 14.3 Å². The van der Waals surface area contributed by atoms with Gasteiger partial charge in [-0.15, -0.1) is 0 Å². The maximum Gasteiger partial charge on any atom is 0.307 e. The van der Waals surface area contributed by atoms with Crippen LogP contribution in [0.3, 0.4) is 0 Å². The number of hydrogen-bond donors (Lipinski definition) is 1. The number of esters is 1. The molecule has 0 aromatic rings. The summed E-state index contributed by atoms with van der Waals surface area (Å²) < 4.78 is 4.75. The van der Waals surface area contributed by atoms with Crippen LogP contribution in [0.4, 0.5) is 0 Å². The van der Waals surface area contributed by atoms with Crippen molar-refractivity contribution >= 4 is 11.9 Å². The summed E-state index contributed by atoms with van der Waals surface area (Å²) in [4.78, 5) is 28.8. The average molecular weight is 351 g/mol. The number of nitrogens with zero attached hydrogens (tertiary/aromatic N) is 2. The summed E-state index contributed by atoms with van der Waals surface area (Å²) in [5.74, 6) is 1.43. The predicted octanol–water partition coefficient (Wildman–Crippen LogP) is 1.24. The predicted molar refractivity (Wildman–Crippen MR) is 95.8 cm³/mol. The van der Waals surface area contributed by atoms with E-state index in [4.69, 9.17) is 10.5 Å². The van der Waals surface area contributed by atoms with Crippen molar-refractivity contribution in [3.05, 3.63) is 0 Å². The van der Waals surface area contributed by atoms with Gasteiger partial charge in [0.05, 0.1) is 13.5 Å². The van der Waals surface area contributed by atoms with Crippen molar-refractivity contribution in [2.75, 3.05) is 33.3 Å². The van der Waals surface area contributed by atoms with Gasteiger partial charge in [-0.25, -0.2) is 0 Å². The van der Waals surface area contributed by atoms with E-state index in [1.54, 1.807) is 0 Å². The summed E-state index contributed by atoms with van der Waals surface area (Å²) in [6.07, 6.45) is 6.04. The number of hydrogen-bond acceptors (Lipinski definition) is 5. The van der Waals surface area contributed by atoms with Crippen molar-refractivity contribution in [3.63, 3.8) is 0 Å². The fraction of sp³-hybridized carbons (Fsp3) is 0.895. The number of fused-ring (bicyclic) bond motifs is 2. The number of nitrogens with two attached hydrogens (primary N) is 1. The Kier molecular flexibility index (Phi) is 6.00. The highest BCUT2D eigenvalue weighted by atomic mass is 16.5. The van der Waals surface area contributed by atoms with E-state index in [0.29, 0.717) is 30.2 Å². The SMILES string of the molecule is COC(=O)CC(C)N1CCN(C(=O)C2CC3CCCC(C2)C3N)CC1. The van der Waals surface area contributed by atoms with Gasteiger partial charge in [-0.05, 0) is 44.4 Å². The third-order valence-corrected chi connectivity index (χ3v) is 6.70. The molecule has 3 rings (SSSR count). The van der Waals surface area contributed by atoms with Crippen molar-refractivity contribution in [3.8, 4) is 0 Å². The first-order valence-electron chi connectivity index (χ1n) is 9.84. The first-order chi connectivity index (χ1) is 12.0. The van der Waals surface area contributed by atoms with E-state index in [-0.39, 0.29) is 17.9 Å². The summed E-state index contributed by atoms with van der Waals surface area (Å²) >= 11 is 0. The van der Waals surface area contributed by atoms with Crippen molar-refractivity contribution in [1.29, 1.82) is 0 Å². The van der Waals surface area contributed by atoms with E-state index in [9.17, 15) is 9.59 Å². The summed E-state index contributed by atoms with van der Waals surface area (Å²) in [6, 6.07) is 0.477. The second-order valence-electron chi connectivity index (χ2n) is 8.19. The smallest absolute Gasteiger partial charge is 0.307 e. The molecule has 2 bridgehead atoms. The molecule has 0 aromatic carbocycles.